The van der Waals surface area contributed by atoms with E-state index in [2.05, 4.69) is 20.9 Å². The number of aromatic nitrogens is 1. The lowest BCUT2D eigenvalue weighted by atomic mass is 10.2. The number of hydrogen-bond donors (Lipinski definition) is 0. The first-order valence-electron chi connectivity index (χ1n) is 5.68. The van der Waals surface area contributed by atoms with Crippen molar-refractivity contribution in [1.82, 2.24) is 4.98 Å². The molecule has 0 aliphatic rings. The van der Waals surface area contributed by atoms with Gasteiger partial charge in [0.2, 0.25) is 0 Å². The molecular formula is C14H13BrClNO2. The highest BCUT2D eigenvalue weighted by Gasteiger charge is 2.11. The molecule has 0 unspecified atom stereocenters. The van der Waals surface area contributed by atoms with Crippen LogP contribution in [0.3, 0.4) is 0 Å². The molecule has 1 heterocycles. The number of nitrogens with zero attached hydrogens (tertiary/aromatic N) is 1. The lowest BCUT2D eigenvalue weighted by Crippen LogP contribution is -1.99. The van der Waals surface area contributed by atoms with Crippen molar-refractivity contribution >= 4 is 27.5 Å². The van der Waals surface area contributed by atoms with Gasteiger partial charge in [-0.05, 0) is 35.4 Å². The predicted molar refractivity (Wildman–Crippen MR) is 79.2 cm³/mol. The summed E-state index contributed by atoms with van der Waals surface area (Å²) in [6, 6.07) is 7.56. The van der Waals surface area contributed by atoms with Crippen LogP contribution in [0.2, 0.25) is 5.02 Å². The monoisotopic (exact) mass is 341 g/mol. The highest BCUT2D eigenvalue weighted by atomic mass is 79.9. The van der Waals surface area contributed by atoms with E-state index in [0.29, 0.717) is 28.5 Å². The molecule has 100 valence electrons. The quantitative estimate of drug-likeness (QED) is 0.763. The number of hydrogen-bond acceptors (Lipinski definition) is 3. The molecule has 0 spiro atoms. The van der Waals surface area contributed by atoms with Crippen LogP contribution in [0, 0.1) is 0 Å². The third-order valence-corrected chi connectivity index (χ3v) is 3.50. The Morgan fingerprint density at radius 2 is 1.95 bits per heavy atom. The molecular weight excluding hydrogens is 330 g/mol. The SMILES string of the molecule is COc1cc(CBr)cc(Cl)c1OCc1ccncc1. The summed E-state index contributed by atoms with van der Waals surface area (Å²) >= 11 is 9.61. The van der Waals surface area contributed by atoms with Crippen molar-refractivity contribution < 1.29 is 9.47 Å². The van der Waals surface area contributed by atoms with Crippen molar-refractivity contribution in [2.75, 3.05) is 7.11 Å². The summed E-state index contributed by atoms with van der Waals surface area (Å²) in [6.45, 7) is 0.423. The Hall–Kier alpha value is -1.26. The van der Waals surface area contributed by atoms with Crippen molar-refractivity contribution in [3.05, 3.63) is 52.8 Å². The highest BCUT2D eigenvalue weighted by molar-refractivity contribution is 9.08. The molecule has 0 radical (unpaired) electrons. The van der Waals surface area contributed by atoms with Crippen molar-refractivity contribution in [2.24, 2.45) is 0 Å². The Kier molecular flexibility index (Phi) is 5.05. The second-order valence-corrected chi connectivity index (χ2v) is 4.85. The summed E-state index contributed by atoms with van der Waals surface area (Å²) in [5.74, 6) is 1.20. The summed E-state index contributed by atoms with van der Waals surface area (Å²) in [5.41, 5.74) is 2.07. The van der Waals surface area contributed by atoms with Gasteiger partial charge in [-0.2, -0.15) is 0 Å². The number of halogens is 2. The van der Waals surface area contributed by atoms with E-state index in [4.69, 9.17) is 21.1 Å². The first-order valence-corrected chi connectivity index (χ1v) is 7.18. The Morgan fingerprint density at radius 3 is 2.58 bits per heavy atom. The van der Waals surface area contributed by atoms with E-state index in [0.717, 1.165) is 11.1 Å². The normalized spacial score (nSPS) is 10.3. The maximum Gasteiger partial charge on any atom is 0.180 e. The van der Waals surface area contributed by atoms with Gasteiger partial charge in [0, 0.05) is 17.7 Å². The van der Waals surface area contributed by atoms with Gasteiger partial charge in [-0.15, -0.1) is 0 Å². The molecule has 0 bridgehead atoms. The van der Waals surface area contributed by atoms with Gasteiger partial charge in [0.15, 0.2) is 11.5 Å². The van der Waals surface area contributed by atoms with E-state index in [1.54, 1.807) is 19.5 Å². The molecule has 5 heteroatoms. The molecule has 19 heavy (non-hydrogen) atoms. The fourth-order valence-electron chi connectivity index (χ4n) is 1.62. The molecule has 0 aliphatic carbocycles. The van der Waals surface area contributed by atoms with Crippen LogP contribution in [-0.4, -0.2) is 12.1 Å². The van der Waals surface area contributed by atoms with E-state index < -0.39 is 0 Å². The van der Waals surface area contributed by atoms with E-state index in [1.165, 1.54) is 0 Å². The Morgan fingerprint density at radius 1 is 1.21 bits per heavy atom. The zero-order chi connectivity index (χ0) is 13.7. The number of rotatable bonds is 5. The van der Waals surface area contributed by atoms with Crippen molar-refractivity contribution in [3.8, 4) is 11.5 Å². The number of benzene rings is 1. The number of pyridine rings is 1. The van der Waals surface area contributed by atoms with Crippen LogP contribution in [-0.2, 0) is 11.9 Å². The van der Waals surface area contributed by atoms with Crippen LogP contribution in [0.15, 0.2) is 36.7 Å². The minimum atomic E-state index is 0.423. The minimum Gasteiger partial charge on any atom is -0.493 e. The van der Waals surface area contributed by atoms with Gasteiger partial charge in [0.05, 0.1) is 12.1 Å². The van der Waals surface area contributed by atoms with Crippen molar-refractivity contribution in [3.63, 3.8) is 0 Å². The Labute approximate surface area is 125 Å². The minimum absolute atomic E-state index is 0.423. The molecule has 0 saturated heterocycles. The lowest BCUT2D eigenvalue weighted by molar-refractivity contribution is 0.284. The standard InChI is InChI=1S/C14H13BrClNO2/c1-18-13-7-11(8-15)6-12(16)14(13)19-9-10-2-4-17-5-3-10/h2-7H,8-9H2,1H3. The fourth-order valence-corrected chi connectivity index (χ4v) is 2.24. The summed E-state index contributed by atoms with van der Waals surface area (Å²) in [7, 11) is 1.60. The van der Waals surface area contributed by atoms with Crippen LogP contribution in [0.5, 0.6) is 11.5 Å². The topological polar surface area (TPSA) is 31.4 Å². The van der Waals surface area contributed by atoms with Crippen molar-refractivity contribution in [2.45, 2.75) is 11.9 Å². The lowest BCUT2D eigenvalue weighted by Gasteiger charge is -2.13. The summed E-state index contributed by atoms with van der Waals surface area (Å²) < 4.78 is 11.1. The van der Waals surface area contributed by atoms with Crippen LogP contribution >= 0.6 is 27.5 Å². The molecule has 0 aliphatic heterocycles. The summed E-state index contributed by atoms with van der Waals surface area (Å²) in [4.78, 5) is 3.96. The van der Waals surface area contributed by atoms with Gasteiger partial charge in [-0.3, -0.25) is 4.98 Å². The van der Waals surface area contributed by atoms with E-state index in [9.17, 15) is 0 Å². The molecule has 0 saturated carbocycles. The predicted octanol–water partition coefficient (Wildman–Crippen LogP) is 4.22. The first kappa shape index (κ1) is 14.2. The summed E-state index contributed by atoms with van der Waals surface area (Å²) in [5, 5.41) is 1.26. The fraction of sp³-hybridized carbons (Fsp3) is 0.214. The smallest absolute Gasteiger partial charge is 0.180 e. The zero-order valence-electron chi connectivity index (χ0n) is 10.4. The Bertz CT molecular complexity index is 549. The number of alkyl halides is 1. The molecule has 2 aromatic rings. The molecule has 0 N–H and O–H groups in total. The van der Waals surface area contributed by atoms with E-state index in [-0.39, 0.29) is 0 Å². The van der Waals surface area contributed by atoms with Crippen LogP contribution in [0.4, 0.5) is 0 Å². The number of methoxy groups -OCH3 is 1. The van der Waals surface area contributed by atoms with Gasteiger partial charge >= 0.3 is 0 Å². The second kappa shape index (κ2) is 6.78. The molecule has 0 amide bonds. The first-order chi connectivity index (χ1) is 9.24. The third kappa shape index (κ3) is 3.61. The van der Waals surface area contributed by atoms with Crippen LogP contribution in [0.25, 0.3) is 0 Å². The Balaban J connectivity index is 2.20. The molecule has 2 rings (SSSR count). The van der Waals surface area contributed by atoms with Crippen molar-refractivity contribution in [1.29, 1.82) is 0 Å². The van der Waals surface area contributed by atoms with Crippen LogP contribution in [0.1, 0.15) is 11.1 Å². The maximum absolute atomic E-state index is 6.22. The molecule has 0 fully saturated rings. The molecule has 1 aromatic carbocycles. The maximum atomic E-state index is 6.22. The molecule has 1 aromatic heterocycles. The van der Waals surface area contributed by atoms with Gasteiger partial charge < -0.3 is 9.47 Å². The average Bonchev–Trinajstić information content (AvgIpc) is 2.46. The van der Waals surface area contributed by atoms with Crippen LogP contribution < -0.4 is 9.47 Å². The van der Waals surface area contributed by atoms with E-state index in [1.807, 2.05) is 24.3 Å². The summed E-state index contributed by atoms with van der Waals surface area (Å²) in [6.07, 6.45) is 3.46. The number of ether oxygens (including phenoxy) is 2. The molecule has 0 atom stereocenters. The second-order valence-electron chi connectivity index (χ2n) is 3.89. The van der Waals surface area contributed by atoms with Gasteiger partial charge in [-0.1, -0.05) is 27.5 Å². The molecule has 3 nitrogen and oxygen atoms in total. The highest BCUT2D eigenvalue weighted by Crippen LogP contribution is 2.37. The zero-order valence-corrected chi connectivity index (χ0v) is 12.7. The van der Waals surface area contributed by atoms with Gasteiger partial charge in [0.1, 0.15) is 6.61 Å². The third-order valence-electron chi connectivity index (χ3n) is 2.58. The largest absolute Gasteiger partial charge is 0.493 e. The van der Waals surface area contributed by atoms with Gasteiger partial charge in [0.25, 0.3) is 0 Å². The average molecular weight is 343 g/mol. The van der Waals surface area contributed by atoms with E-state index >= 15 is 0 Å². The van der Waals surface area contributed by atoms with Gasteiger partial charge in [-0.25, -0.2) is 0 Å².